The van der Waals surface area contributed by atoms with E-state index in [1.807, 2.05) is 0 Å². The average Bonchev–Trinajstić information content (AvgIpc) is 2.48. The molecule has 24 heavy (non-hydrogen) atoms. The van der Waals surface area contributed by atoms with Gasteiger partial charge in [-0.2, -0.15) is 26.3 Å². The van der Waals surface area contributed by atoms with Crippen molar-refractivity contribution in [2.24, 2.45) is 5.92 Å². The molecule has 144 valence electrons. The van der Waals surface area contributed by atoms with E-state index in [0.717, 1.165) is 0 Å². The fourth-order valence-corrected chi connectivity index (χ4v) is 6.64. The lowest BCUT2D eigenvalue weighted by atomic mass is 9.74. The molecule has 0 aromatic carbocycles. The Kier molecular flexibility index (Phi) is 6.83. The van der Waals surface area contributed by atoms with Gasteiger partial charge in [0, 0.05) is 5.92 Å². The molecular formula is C15H26F6NOSi-. The summed E-state index contributed by atoms with van der Waals surface area (Å²) >= 11 is 0. The first-order valence-corrected chi connectivity index (χ1v) is 11.0. The summed E-state index contributed by atoms with van der Waals surface area (Å²) in [6.07, 6.45) is -11.5. The van der Waals surface area contributed by atoms with Gasteiger partial charge in [-0.25, -0.2) is 0 Å². The summed E-state index contributed by atoms with van der Waals surface area (Å²) < 4.78 is 88.1. The Bertz CT molecular complexity index is 377. The maximum atomic E-state index is 13.8. The Balaban J connectivity index is 3.43. The molecule has 0 heterocycles. The quantitative estimate of drug-likeness (QED) is 0.384. The Morgan fingerprint density at radius 3 is 1.50 bits per heavy atom. The van der Waals surface area contributed by atoms with Crippen LogP contribution in [0.5, 0.6) is 0 Å². The van der Waals surface area contributed by atoms with Gasteiger partial charge in [-0.05, 0) is 31.0 Å². The molecule has 0 aromatic heterocycles. The molecule has 1 rings (SSSR count). The molecule has 0 aromatic rings. The van der Waals surface area contributed by atoms with Gasteiger partial charge >= 0.3 is 12.4 Å². The summed E-state index contributed by atoms with van der Waals surface area (Å²) in [4.78, 5) is 0. The summed E-state index contributed by atoms with van der Waals surface area (Å²) in [6.45, 7) is 4.83. The zero-order valence-corrected chi connectivity index (χ0v) is 15.3. The molecule has 0 unspecified atom stereocenters. The number of rotatable bonds is 6. The minimum Gasteiger partial charge on any atom is -0.675 e. The van der Waals surface area contributed by atoms with E-state index in [1.165, 1.54) is 0 Å². The smallest absolute Gasteiger partial charge is 0.425 e. The molecule has 1 aliphatic carbocycles. The molecule has 0 atom stereocenters. The molecule has 0 saturated heterocycles. The van der Waals surface area contributed by atoms with Crippen LogP contribution in [0.3, 0.4) is 0 Å². The minimum absolute atomic E-state index is 0.0425. The SMILES string of the molecule is CC[Si](CC)(CC)OC(C1CCC([NH-])CC1)(C(F)(F)F)C(F)(F)F. The van der Waals surface area contributed by atoms with Crippen molar-refractivity contribution in [3.05, 3.63) is 5.73 Å². The lowest BCUT2D eigenvalue weighted by molar-refractivity contribution is -0.380. The lowest BCUT2D eigenvalue weighted by Gasteiger charge is -2.50. The standard InChI is InChI=1S/C15H26F6NOSi/c1-4-24(5-2,6-3)23-13(14(16,17)18,15(19,20)21)11-7-9-12(22)10-8-11/h11-12,22H,4-10H2,1-3H3/q-1. The third-order valence-electron chi connectivity index (χ3n) is 5.45. The second kappa shape index (κ2) is 7.53. The van der Waals surface area contributed by atoms with E-state index in [0.29, 0.717) is 0 Å². The number of nitrogens with one attached hydrogen (secondary N) is 1. The zero-order chi connectivity index (χ0) is 18.8. The van der Waals surface area contributed by atoms with Gasteiger partial charge < -0.3 is 10.2 Å². The van der Waals surface area contributed by atoms with Gasteiger partial charge in [-0.15, -0.1) is 6.04 Å². The second-order valence-electron chi connectivity index (χ2n) is 6.63. The van der Waals surface area contributed by atoms with E-state index in [-0.39, 0.29) is 43.8 Å². The Hall–Kier alpha value is -0.283. The zero-order valence-electron chi connectivity index (χ0n) is 14.3. The van der Waals surface area contributed by atoms with Gasteiger partial charge in [0.05, 0.1) is 0 Å². The van der Waals surface area contributed by atoms with Crippen LogP contribution in [-0.4, -0.2) is 32.3 Å². The summed E-state index contributed by atoms with van der Waals surface area (Å²) in [5, 5.41) is 0. The average molecular weight is 378 g/mol. The molecule has 0 spiro atoms. The topological polar surface area (TPSA) is 33.0 Å². The largest absolute Gasteiger partial charge is 0.675 e. The van der Waals surface area contributed by atoms with Crippen molar-refractivity contribution in [1.82, 2.24) is 0 Å². The molecule has 0 aliphatic heterocycles. The predicted molar refractivity (Wildman–Crippen MR) is 83.2 cm³/mol. The van der Waals surface area contributed by atoms with Crippen LogP contribution in [0.15, 0.2) is 0 Å². The third kappa shape index (κ3) is 3.93. The highest BCUT2D eigenvalue weighted by Crippen LogP contribution is 2.56. The van der Waals surface area contributed by atoms with E-state index >= 15 is 0 Å². The van der Waals surface area contributed by atoms with Crippen LogP contribution in [0.25, 0.3) is 5.73 Å². The van der Waals surface area contributed by atoms with Crippen LogP contribution in [0.2, 0.25) is 18.1 Å². The number of alkyl halides is 6. The van der Waals surface area contributed by atoms with Crippen molar-refractivity contribution >= 4 is 8.32 Å². The van der Waals surface area contributed by atoms with Gasteiger partial charge in [0.15, 0.2) is 8.32 Å². The van der Waals surface area contributed by atoms with Gasteiger partial charge in [0.25, 0.3) is 5.60 Å². The Morgan fingerprint density at radius 2 is 1.21 bits per heavy atom. The number of hydrogen-bond donors (Lipinski definition) is 0. The highest BCUT2D eigenvalue weighted by Gasteiger charge is 2.76. The third-order valence-corrected chi connectivity index (χ3v) is 10.1. The normalized spacial score (nSPS) is 24.2. The van der Waals surface area contributed by atoms with Crippen LogP contribution >= 0.6 is 0 Å². The van der Waals surface area contributed by atoms with E-state index < -0.39 is 38.2 Å². The first kappa shape index (κ1) is 21.8. The maximum Gasteiger partial charge on any atom is 0.425 e. The van der Waals surface area contributed by atoms with Crippen molar-refractivity contribution in [3.8, 4) is 0 Å². The molecule has 1 saturated carbocycles. The van der Waals surface area contributed by atoms with E-state index in [4.69, 9.17) is 10.2 Å². The molecule has 0 amide bonds. The fraction of sp³-hybridized carbons (Fsp3) is 1.00. The van der Waals surface area contributed by atoms with Crippen LogP contribution in [0.1, 0.15) is 46.5 Å². The highest BCUT2D eigenvalue weighted by atomic mass is 28.4. The Labute approximate surface area is 140 Å². The lowest BCUT2D eigenvalue weighted by Crippen LogP contribution is -2.67. The van der Waals surface area contributed by atoms with Crippen LogP contribution in [0.4, 0.5) is 26.3 Å². The van der Waals surface area contributed by atoms with Crippen LogP contribution in [-0.2, 0) is 4.43 Å². The molecule has 9 heteroatoms. The number of hydrogen-bond acceptors (Lipinski definition) is 1. The Morgan fingerprint density at radius 1 is 0.833 bits per heavy atom. The molecule has 1 aliphatic rings. The monoisotopic (exact) mass is 378 g/mol. The maximum absolute atomic E-state index is 13.8. The summed E-state index contributed by atoms with van der Waals surface area (Å²) in [6, 6.07) is 0.0383. The molecule has 1 fully saturated rings. The van der Waals surface area contributed by atoms with E-state index in [1.54, 1.807) is 20.8 Å². The molecule has 1 N–H and O–H groups in total. The molecular weight excluding hydrogens is 352 g/mol. The summed E-state index contributed by atoms with van der Waals surface area (Å²) in [5.41, 5.74) is 3.47. The van der Waals surface area contributed by atoms with Crippen molar-refractivity contribution < 1.29 is 30.8 Å². The predicted octanol–water partition coefficient (Wildman–Crippen LogP) is 6.48. The summed E-state index contributed by atoms with van der Waals surface area (Å²) in [7, 11) is -3.16. The fourth-order valence-electron chi connectivity index (χ4n) is 3.63. The molecule has 0 bridgehead atoms. The van der Waals surface area contributed by atoms with E-state index in [2.05, 4.69) is 0 Å². The van der Waals surface area contributed by atoms with E-state index in [9.17, 15) is 26.3 Å². The molecule has 0 radical (unpaired) electrons. The van der Waals surface area contributed by atoms with Crippen LogP contribution < -0.4 is 0 Å². The highest BCUT2D eigenvalue weighted by molar-refractivity contribution is 6.73. The van der Waals surface area contributed by atoms with Gasteiger partial charge in [-0.3, -0.25) is 0 Å². The van der Waals surface area contributed by atoms with Crippen molar-refractivity contribution in [3.63, 3.8) is 0 Å². The minimum atomic E-state index is -5.53. The first-order chi connectivity index (χ1) is 10.9. The van der Waals surface area contributed by atoms with Gasteiger partial charge in [0.1, 0.15) is 0 Å². The summed E-state index contributed by atoms with van der Waals surface area (Å²) in [5.74, 6) is -1.67. The van der Waals surface area contributed by atoms with Crippen molar-refractivity contribution in [2.45, 2.75) is 88.6 Å². The van der Waals surface area contributed by atoms with Crippen molar-refractivity contribution in [1.29, 1.82) is 0 Å². The number of halogens is 6. The van der Waals surface area contributed by atoms with Gasteiger partial charge in [0.2, 0.25) is 0 Å². The van der Waals surface area contributed by atoms with Gasteiger partial charge in [-0.1, -0.05) is 33.6 Å². The van der Waals surface area contributed by atoms with Crippen molar-refractivity contribution in [2.75, 3.05) is 0 Å². The second-order valence-corrected chi connectivity index (χ2v) is 11.3. The molecule has 2 nitrogen and oxygen atoms in total. The van der Waals surface area contributed by atoms with Crippen LogP contribution in [0, 0.1) is 5.92 Å². The first-order valence-electron chi connectivity index (χ1n) is 8.43.